The highest BCUT2D eigenvalue weighted by Crippen LogP contribution is 2.28. The maximum absolute atomic E-state index is 13.5. The van der Waals surface area contributed by atoms with E-state index in [1.54, 1.807) is 6.92 Å². The fraction of sp³-hybridized carbons (Fsp3) is 0.417. The minimum Gasteiger partial charge on any atom is -0.352 e. The molecule has 34 heavy (non-hydrogen) atoms. The van der Waals surface area contributed by atoms with Crippen LogP contribution >= 0.6 is 23.2 Å². The number of halogens is 2. The lowest BCUT2D eigenvalue weighted by Gasteiger charge is -2.32. The SMILES string of the molecule is C[C@@H](C(=O)NC1CCCC1)N(Cc1ccccc1)C(=O)CN(c1ccc(Cl)c(Cl)c1)S(C)(=O)=O. The number of rotatable bonds is 9. The molecule has 1 saturated carbocycles. The Morgan fingerprint density at radius 2 is 1.71 bits per heavy atom. The molecule has 2 aromatic rings. The molecule has 1 fully saturated rings. The van der Waals surface area contributed by atoms with Gasteiger partial charge in [-0.25, -0.2) is 8.42 Å². The summed E-state index contributed by atoms with van der Waals surface area (Å²) in [6.07, 6.45) is 4.99. The van der Waals surface area contributed by atoms with Crippen LogP contribution in [0.4, 0.5) is 5.69 Å². The lowest BCUT2D eigenvalue weighted by Crippen LogP contribution is -2.52. The van der Waals surface area contributed by atoms with Crippen LogP contribution in [0.5, 0.6) is 0 Å². The molecule has 7 nitrogen and oxygen atoms in total. The second kappa shape index (κ2) is 11.4. The van der Waals surface area contributed by atoms with E-state index >= 15 is 0 Å². The van der Waals surface area contributed by atoms with Gasteiger partial charge in [0.15, 0.2) is 0 Å². The summed E-state index contributed by atoms with van der Waals surface area (Å²) in [5.74, 6) is -0.758. The Balaban J connectivity index is 1.87. The zero-order valence-corrected chi connectivity index (χ0v) is 21.5. The molecule has 2 aromatic carbocycles. The van der Waals surface area contributed by atoms with Crippen molar-refractivity contribution < 1.29 is 18.0 Å². The molecule has 1 aliphatic carbocycles. The van der Waals surface area contributed by atoms with Crippen LogP contribution in [0.3, 0.4) is 0 Å². The Bertz CT molecular complexity index is 1120. The lowest BCUT2D eigenvalue weighted by molar-refractivity contribution is -0.139. The van der Waals surface area contributed by atoms with E-state index in [1.165, 1.54) is 23.1 Å². The van der Waals surface area contributed by atoms with Gasteiger partial charge in [0.25, 0.3) is 0 Å². The van der Waals surface area contributed by atoms with Crippen molar-refractivity contribution in [1.29, 1.82) is 0 Å². The normalized spacial score (nSPS) is 15.1. The van der Waals surface area contributed by atoms with Crippen LogP contribution in [-0.2, 0) is 26.2 Å². The van der Waals surface area contributed by atoms with Gasteiger partial charge in [-0.15, -0.1) is 0 Å². The number of amides is 2. The Kier molecular flexibility index (Phi) is 8.84. The van der Waals surface area contributed by atoms with Gasteiger partial charge in [0.05, 0.1) is 22.0 Å². The fourth-order valence-electron chi connectivity index (χ4n) is 4.01. The third kappa shape index (κ3) is 6.87. The molecule has 0 spiro atoms. The second-order valence-electron chi connectivity index (χ2n) is 8.54. The Morgan fingerprint density at radius 3 is 2.29 bits per heavy atom. The molecule has 2 amide bonds. The van der Waals surface area contributed by atoms with Gasteiger partial charge in [-0.3, -0.25) is 13.9 Å². The number of sulfonamides is 1. The summed E-state index contributed by atoms with van der Waals surface area (Å²) in [5.41, 5.74) is 1.05. The van der Waals surface area contributed by atoms with E-state index in [9.17, 15) is 18.0 Å². The van der Waals surface area contributed by atoms with E-state index in [2.05, 4.69) is 5.32 Å². The van der Waals surface area contributed by atoms with Crippen molar-refractivity contribution in [2.45, 2.75) is 51.2 Å². The second-order valence-corrected chi connectivity index (χ2v) is 11.3. The molecule has 0 radical (unpaired) electrons. The van der Waals surface area contributed by atoms with Gasteiger partial charge < -0.3 is 10.2 Å². The fourth-order valence-corrected chi connectivity index (χ4v) is 5.14. The smallest absolute Gasteiger partial charge is 0.244 e. The lowest BCUT2D eigenvalue weighted by atomic mass is 10.1. The maximum Gasteiger partial charge on any atom is 0.244 e. The van der Waals surface area contributed by atoms with Gasteiger partial charge in [0.1, 0.15) is 12.6 Å². The van der Waals surface area contributed by atoms with E-state index in [0.29, 0.717) is 0 Å². The van der Waals surface area contributed by atoms with Crippen LogP contribution in [0.1, 0.15) is 38.2 Å². The summed E-state index contributed by atoms with van der Waals surface area (Å²) in [4.78, 5) is 27.9. The van der Waals surface area contributed by atoms with Gasteiger partial charge in [-0.2, -0.15) is 0 Å². The van der Waals surface area contributed by atoms with Crippen molar-refractivity contribution >= 4 is 50.7 Å². The van der Waals surface area contributed by atoms with Gasteiger partial charge in [0, 0.05) is 12.6 Å². The predicted molar refractivity (Wildman–Crippen MR) is 136 cm³/mol. The number of hydrogen-bond donors (Lipinski definition) is 1. The van der Waals surface area contributed by atoms with Crippen molar-refractivity contribution in [3.05, 3.63) is 64.1 Å². The third-order valence-electron chi connectivity index (χ3n) is 5.93. The number of nitrogens with zero attached hydrogens (tertiary/aromatic N) is 2. The molecule has 0 aliphatic heterocycles. The topological polar surface area (TPSA) is 86.8 Å². The molecular formula is C24H29Cl2N3O4S. The number of anilines is 1. The molecule has 10 heteroatoms. The van der Waals surface area contributed by atoms with Crippen molar-refractivity contribution in [3.63, 3.8) is 0 Å². The number of hydrogen-bond acceptors (Lipinski definition) is 4. The third-order valence-corrected chi connectivity index (χ3v) is 7.81. The highest BCUT2D eigenvalue weighted by Gasteiger charge is 2.31. The van der Waals surface area contributed by atoms with Crippen molar-refractivity contribution in [3.8, 4) is 0 Å². The summed E-state index contributed by atoms with van der Waals surface area (Å²) in [5, 5.41) is 3.48. The summed E-state index contributed by atoms with van der Waals surface area (Å²) >= 11 is 12.1. The van der Waals surface area contributed by atoms with Crippen molar-refractivity contribution in [2.75, 3.05) is 17.1 Å². The molecule has 0 bridgehead atoms. The van der Waals surface area contributed by atoms with E-state index in [-0.39, 0.29) is 34.2 Å². The van der Waals surface area contributed by atoms with Crippen molar-refractivity contribution in [1.82, 2.24) is 10.2 Å². The number of benzene rings is 2. The number of nitrogens with one attached hydrogen (secondary N) is 1. The van der Waals surface area contributed by atoms with Gasteiger partial charge in [-0.1, -0.05) is 66.4 Å². The van der Waals surface area contributed by atoms with Crippen LogP contribution in [0.25, 0.3) is 0 Å². The minimum atomic E-state index is -3.83. The first-order valence-corrected chi connectivity index (χ1v) is 13.7. The molecule has 3 rings (SSSR count). The van der Waals surface area contributed by atoms with Gasteiger partial charge >= 0.3 is 0 Å². The molecule has 0 aromatic heterocycles. The Hall–Kier alpha value is -2.29. The maximum atomic E-state index is 13.5. The van der Waals surface area contributed by atoms with Crippen LogP contribution in [0, 0.1) is 0 Å². The molecule has 0 unspecified atom stereocenters. The summed E-state index contributed by atoms with van der Waals surface area (Å²) in [6.45, 7) is 1.34. The molecule has 0 saturated heterocycles. The summed E-state index contributed by atoms with van der Waals surface area (Å²) < 4.78 is 26.1. The van der Waals surface area contributed by atoms with Crippen LogP contribution in [-0.4, -0.2) is 50.0 Å². The predicted octanol–water partition coefficient (Wildman–Crippen LogP) is 4.24. The molecule has 1 atom stereocenters. The standard InChI is InChI=1S/C24H29Cl2N3O4S/c1-17(24(31)27-19-10-6-7-11-19)28(15-18-8-4-3-5-9-18)23(30)16-29(34(2,32)33)20-12-13-21(25)22(26)14-20/h3-5,8-9,12-14,17,19H,6-7,10-11,15-16H2,1-2H3,(H,27,31)/t17-/m0/s1. The minimum absolute atomic E-state index is 0.104. The van der Waals surface area contributed by atoms with E-state index < -0.39 is 28.5 Å². The molecule has 0 heterocycles. The molecular weight excluding hydrogens is 497 g/mol. The summed E-state index contributed by atoms with van der Waals surface area (Å²) in [7, 11) is -3.83. The first kappa shape index (κ1) is 26.3. The number of carbonyl (C=O) groups excluding carboxylic acids is 2. The van der Waals surface area contributed by atoms with Crippen LogP contribution in [0.15, 0.2) is 48.5 Å². The van der Waals surface area contributed by atoms with Crippen LogP contribution in [0.2, 0.25) is 10.0 Å². The van der Waals surface area contributed by atoms with E-state index in [0.717, 1.165) is 41.8 Å². The molecule has 184 valence electrons. The Labute approximate surface area is 211 Å². The van der Waals surface area contributed by atoms with E-state index in [1.807, 2.05) is 30.3 Å². The Morgan fingerprint density at radius 1 is 1.06 bits per heavy atom. The zero-order valence-electron chi connectivity index (χ0n) is 19.2. The average Bonchev–Trinajstić information content (AvgIpc) is 3.30. The van der Waals surface area contributed by atoms with Crippen molar-refractivity contribution in [2.24, 2.45) is 0 Å². The summed E-state index contributed by atoms with van der Waals surface area (Å²) in [6, 6.07) is 12.9. The average molecular weight is 526 g/mol. The molecule has 1 N–H and O–H groups in total. The van der Waals surface area contributed by atoms with Gasteiger partial charge in [-0.05, 0) is 43.5 Å². The highest BCUT2D eigenvalue weighted by atomic mass is 35.5. The molecule has 1 aliphatic rings. The monoisotopic (exact) mass is 525 g/mol. The first-order chi connectivity index (χ1) is 16.1. The zero-order chi connectivity index (χ0) is 24.9. The van der Waals surface area contributed by atoms with Gasteiger partial charge in [0.2, 0.25) is 21.8 Å². The first-order valence-electron chi connectivity index (χ1n) is 11.1. The quantitative estimate of drug-likeness (QED) is 0.530. The van der Waals surface area contributed by atoms with Crippen LogP contribution < -0.4 is 9.62 Å². The highest BCUT2D eigenvalue weighted by molar-refractivity contribution is 7.92. The largest absolute Gasteiger partial charge is 0.352 e. The number of carbonyl (C=O) groups is 2. The van der Waals surface area contributed by atoms with E-state index in [4.69, 9.17) is 23.2 Å².